The Balaban J connectivity index is 2.22. The lowest BCUT2D eigenvalue weighted by molar-refractivity contribution is -0.115. The lowest BCUT2D eigenvalue weighted by atomic mass is 9.79. The maximum Gasteiger partial charge on any atom is 0.159 e. The van der Waals surface area contributed by atoms with Gasteiger partial charge in [0, 0.05) is 6.42 Å². The summed E-state index contributed by atoms with van der Waals surface area (Å²) in [7, 11) is 0. The molecular weight excluding hydrogens is 280 g/mol. The Morgan fingerprint density at radius 1 is 0.957 bits per heavy atom. The number of carbonyl (C=O) groups excluding carboxylic acids is 1. The number of aryl methyl sites for hydroxylation is 1. The van der Waals surface area contributed by atoms with Crippen LogP contribution in [0, 0.1) is 0 Å². The summed E-state index contributed by atoms with van der Waals surface area (Å²) in [6.07, 6.45) is 8.20. The molecule has 1 aromatic carbocycles. The van der Waals surface area contributed by atoms with Crippen LogP contribution in [0.4, 0.5) is 0 Å². The number of allylic oxidation sites excluding steroid dienone is 4. The zero-order valence-electron chi connectivity index (χ0n) is 15.5. The number of benzene rings is 1. The van der Waals surface area contributed by atoms with Crippen LogP contribution in [-0.4, -0.2) is 5.78 Å². The second kappa shape index (κ2) is 6.47. The molecule has 0 radical (unpaired) electrons. The van der Waals surface area contributed by atoms with Crippen molar-refractivity contribution in [1.82, 2.24) is 0 Å². The van der Waals surface area contributed by atoms with Crippen molar-refractivity contribution in [2.75, 3.05) is 0 Å². The van der Waals surface area contributed by atoms with Gasteiger partial charge < -0.3 is 0 Å². The van der Waals surface area contributed by atoms with E-state index in [1.54, 1.807) is 0 Å². The summed E-state index contributed by atoms with van der Waals surface area (Å²) in [5, 5.41) is 0. The van der Waals surface area contributed by atoms with Gasteiger partial charge in [-0.3, -0.25) is 4.79 Å². The normalized spacial score (nSPS) is 15.0. The van der Waals surface area contributed by atoms with E-state index in [9.17, 15) is 4.79 Å². The minimum Gasteiger partial charge on any atom is -0.295 e. The van der Waals surface area contributed by atoms with Crippen LogP contribution in [0.1, 0.15) is 71.1 Å². The van der Waals surface area contributed by atoms with Gasteiger partial charge in [0.2, 0.25) is 0 Å². The molecule has 0 aliphatic heterocycles. The van der Waals surface area contributed by atoms with Crippen LogP contribution in [0.2, 0.25) is 0 Å². The molecule has 0 bridgehead atoms. The van der Waals surface area contributed by atoms with E-state index < -0.39 is 0 Å². The first-order valence-corrected chi connectivity index (χ1v) is 8.61. The molecule has 0 amide bonds. The van der Waals surface area contributed by atoms with Crippen molar-refractivity contribution >= 4 is 5.78 Å². The van der Waals surface area contributed by atoms with Gasteiger partial charge in [0.05, 0.1) is 0 Å². The Morgan fingerprint density at radius 3 is 1.96 bits per heavy atom. The van der Waals surface area contributed by atoms with Crippen LogP contribution in [0.3, 0.4) is 0 Å². The SMILES string of the molecule is CC(C)(C)c1cc(CCC(=O)C2=CC=CC2)cc(C(C)(C)C)c1. The number of hydrogen-bond acceptors (Lipinski definition) is 1. The summed E-state index contributed by atoms with van der Waals surface area (Å²) in [4.78, 5) is 12.3. The number of Topliss-reactive ketones (excluding diaryl/α,β-unsaturated/α-hetero) is 1. The van der Waals surface area contributed by atoms with Gasteiger partial charge in [-0.15, -0.1) is 0 Å². The lowest BCUT2D eigenvalue weighted by Crippen LogP contribution is -2.17. The van der Waals surface area contributed by atoms with Crippen molar-refractivity contribution in [2.45, 2.75) is 71.6 Å². The maximum absolute atomic E-state index is 12.3. The van der Waals surface area contributed by atoms with Gasteiger partial charge in [0.1, 0.15) is 0 Å². The average molecular weight is 310 g/mol. The fourth-order valence-corrected chi connectivity index (χ4v) is 2.77. The molecule has 0 fully saturated rings. The van der Waals surface area contributed by atoms with Gasteiger partial charge in [0.15, 0.2) is 5.78 Å². The third-order valence-corrected chi connectivity index (χ3v) is 4.50. The zero-order valence-corrected chi connectivity index (χ0v) is 15.5. The van der Waals surface area contributed by atoms with Crippen LogP contribution >= 0.6 is 0 Å². The molecule has 2 rings (SSSR count). The van der Waals surface area contributed by atoms with Gasteiger partial charge in [-0.25, -0.2) is 0 Å². The quantitative estimate of drug-likeness (QED) is 0.700. The molecule has 124 valence electrons. The summed E-state index contributed by atoms with van der Waals surface area (Å²) >= 11 is 0. The summed E-state index contributed by atoms with van der Waals surface area (Å²) in [6.45, 7) is 13.5. The minimum atomic E-state index is 0.123. The third kappa shape index (κ3) is 4.67. The molecule has 0 aromatic heterocycles. The molecule has 23 heavy (non-hydrogen) atoms. The molecule has 0 unspecified atom stereocenters. The van der Waals surface area contributed by atoms with E-state index >= 15 is 0 Å². The first-order chi connectivity index (χ1) is 10.6. The molecule has 1 aliphatic rings. The Kier molecular flexibility index (Phi) is 4.98. The number of hydrogen-bond donors (Lipinski definition) is 0. The zero-order chi connectivity index (χ0) is 17.3. The van der Waals surface area contributed by atoms with Crippen LogP contribution in [-0.2, 0) is 22.0 Å². The standard InChI is InChI=1S/C22H30O/c1-21(2,3)18-13-16(14-19(15-18)22(4,5)6)11-12-20(23)17-9-7-8-10-17/h7-9,13-15H,10-12H2,1-6H3. The highest BCUT2D eigenvalue weighted by Crippen LogP contribution is 2.30. The fourth-order valence-electron chi connectivity index (χ4n) is 2.77. The number of carbonyl (C=O) groups is 1. The van der Waals surface area contributed by atoms with Gasteiger partial charge >= 0.3 is 0 Å². The van der Waals surface area contributed by atoms with E-state index in [0.29, 0.717) is 6.42 Å². The van der Waals surface area contributed by atoms with Crippen molar-refractivity contribution in [2.24, 2.45) is 0 Å². The van der Waals surface area contributed by atoms with Crippen molar-refractivity contribution in [3.05, 3.63) is 58.7 Å². The second-order valence-corrected chi connectivity index (χ2v) is 8.67. The summed E-state index contributed by atoms with van der Waals surface area (Å²) < 4.78 is 0. The van der Waals surface area contributed by atoms with Gasteiger partial charge in [0.25, 0.3) is 0 Å². The third-order valence-electron chi connectivity index (χ3n) is 4.50. The van der Waals surface area contributed by atoms with Crippen molar-refractivity contribution < 1.29 is 4.79 Å². The molecule has 0 spiro atoms. The Morgan fingerprint density at radius 2 is 1.52 bits per heavy atom. The van der Waals surface area contributed by atoms with Crippen molar-refractivity contribution in [3.8, 4) is 0 Å². The highest BCUT2D eigenvalue weighted by Gasteiger charge is 2.21. The molecule has 0 atom stereocenters. The van der Waals surface area contributed by atoms with Crippen LogP contribution in [0.25, 0.3) is 0 Å². The molecule has 0 heterocycles. The fraction of sp³-hybridized carbons (Fsp3) is 0.500. The van der Waals surface area contributed by atoms with E-state index in [-0.39, 0.29) is 16.6 Å². The van der Waals surface area contributed by atoms with E-state index in [2.05, 4.69) is 59.7 Å². The lowest BCUT2D eigenvalue weighted by Gasteiger charge is -2.26. The molecular formula is C22H30O. The smallest absolute Gasteiger partial charge is 0.159 e. The average Bonchev–Trinajstić information content (AvgIpc) is 2.96. The van der Waals surface area contributed by atoms with Gasteiger partial charge in [-0.1, -0.05) is 78.0 Å². The van der Waals surface area contributed by atoms with Crippen LogP contribution in [0.5, 0.6) is 0 Å². The highest BCUT2D eigenvalue weighted by molar-refractivity contribution is 5.96. The monoisotopic (exact) mass is 310 g/mol. The predicted octanol–water partition coefficient (Wildman–Crippen LogP) is 5.67. The molecule has 1 aliphatic carbocycles. The topological polar surface area (TPSA) is 17.1 Å². The number of rotatable bonds is 4. The Hall–Kier alpha value is -1.63. The first-order valence-electron chi connectivity index (χ1n) is 8.61. The molecule has 0 saturated carbocycles. The van der Waals surface area contributed by atoms with Gasteiger partial charge in [-0.05, 0) is 45.9 Å². The molecule has 0 N–H and O–H groups in total. The summed E-state index contributed by atoms with van der Waals surface area (Å²) in [5.74, 6) is 0.286. The Bertz CT molecular complexity index is 613. The van der Waals surface area contributed by atoms with Crippen LogP contribution in [0.15, 0.2) is 42.0 Å². The maximum atomic E-state index is 12.3. The predicted molar refractivity (Wildman–Crippen MR) is 99.0 cm³/mol. The van der Waals surface area contributed by atoms with E-state index in [1.807, 2.05) is 18.2 Å². The largest absolute Gasteiger partial charge is 0.295 e. The van der Waals surface area contributed by atoms with E-state index in [1.165, 1.54) is 16.7 Å². The summed E-state index contributed by atoms with van der Waals surface area (Å²) in [6, 6.07) is 6.89. The van der Waals surface area contributed by atoms with Crippen LogP contribution < -0.4 is 0 Å². The molecule has 1 nitrogen and oxygen atoms in total. The number of ketones is 1. The minimum absolute atomic E-state index is 0.123. The van der Waals surface area contributed by atoms with E-state index in [0.717, 1.165) is 18.4 Å². The first kappa shape index (κ1) is 17.7. The molecule has 1 heteroatoms. The molecule has 0 saturated heterocycles. The molecule has 1 aromatic rings. The second-order valence-electron chi connectivity index (χ2n) is 8.67. The highest BCUT2D eigenvalue weighted by atomic mass is 16.1. The Labute approximate surface area is 141 Å². The summed E-state index contributed by atoms with van der Waals surface area (Å²) in [5.41, 5.74) is 5.19. The van der Waals surface area contributed by atoms with Crippen molar-refractivity contribution in [3.63, 3.8) is 0 Å². The van der Waals surface area contributed by atoms with Gasteiger partial charge in [-0.2, -0.15) is 0 Å². The van der Waals surface area contributed by atoms with E-state index in [4.69, 9.17) is 0 Å². The van der Waals surface area contributed by atoms with Crippen molar-refractivity contribution in [1.29, 1.82) is 0 Å².